The normalized spacial score (nSPS) is 14.7. The van der Waals surface area contributed by atoms with E-state index in [-0.39, 0.29) is 89.9 Å². The average Bonchev–Trinajstić information content (AvgIpc) is 1.77. The molecule has 13 atom stereocenters. The fraction of sp³-hybridized carbons (Fsp3) is 0.500. The molecule has 29 N–H and O–H groups in total. The number of aromatic nitrogens is 1. The summed E-state index contributed by atoms with van der Waals surface area (Å²) >= 11 is 9.20. The van der Waals surface area contributed by atoms with E-state index in [2.05, 4.69) is 86.7 Å². The molecule has 0 saturated heterocycles. The number of primary amides is 5. The minimum Gasteiger partial charge on any atom is -0.492 e. The predicted molar refractivity (Wildman–Crippen MR) is 475 cm³/mol. The zero-order valence-electron chi connectivity index (χ0n) is 72.2. The number of aliphatic hydroxyl groups excluding tert-OH is 1. The Balaban J connectivity index is 1.58. The van der Waals surface area contributed by atoms with Gasteiger partial charge in [-0.25, -0.2) is 0 Å². The van der Waals surface area contributed by atoms with Crippen LogP contribution in [0.25, 0.3) is 21.7 Å². The molecule has 127 heavy (non-hydrogen) atoms. The number of unbranched alkanes of at least 4 members (excludes halogenated alkanes) is 2. The van der Waals surface area contributed by atoms with Crippen molar-refractivity contribution in [3.05, 3.63) is 114 Å². The molecule has 1 heterocycles. The summed E-state index contributed by atoms with van der Waals surface area (Å²) in [6, 6.07) is 6.65. The van der Waals surface area contributed by atoms with Crippen molar-refractivity contribution in [3.63, 3.8) is 0 Å². The van der Waals surface area contributed by atoms with Crippen molar-refractivity contribution in [2.45, 2.75) is 239 Å². The first-order chi connectivity index (χ1) is 59.6. The molecule has 5 aromatic rings. The van der Waals surface area contributed by atoms with Crippen molar-refractivity contribution in [1.82, 2.24) is 74.1 Å². The summed E-state index contributed by atoms with van der Waals surface area (Å²) in [6.07, 6.45) is -4.67. The van der Waals surface area contributed by atoms with Gasteiger partial charge in [0.15, 0.2) is 0 Å². The van der Waals surface area contributed by atoms with Gasteiger partial charge in [0.05, 0.1) is 18.9 Å². The zero-order chi connectivity index (χ0) is 94.8. The topological polar surface area (TPSA) is 691 Å². The van der Waals surface area contributed by atoms with Gasteiger partial charge in [-0.05, 0) is 145 Å². The Kier molecular flexibility index (Phi) is 41.4. The maximum Gasteiger partial charge on any atom is 0.246 e. The van der Waals surface area contributed by atoms with Crippen LogP contribution in [0.1, 0.15) is 149 Å². The second kappa shape index (κ2) is 50.0. The number of nitrogens with two attached hydrogens (primary N) is 7. The molecule has 0 fully saturated rings. The summed E-state index contributed by atoms with van der Waals surface area (Å²) in [5.74, 6) is -17.8. The third-order valence-electron chi connectivity index (χ3n) is 20.3. The number of hydrogen-bond acceptors (Lipinski definition) is 24. The van der Waals surface area contributed by atoms with Crippen molar-refractivity contribution in [2.75, 3.05) is 26.2 Å². The van der Waals surface area contributed by atoms with E-state index in [1.807, 2.05) is 6.07 Å². The lowest BCUT2D eigenvalue weighted by Crippen LogP contribution is -2.65. The Hall–Kier alpha value is -12.5. The third-order valence-corrected chi connectivity index (χ3v) is 20.8. The van der Waals surface area contributed by atoms with Crippen LogP contribution < -0.4 is 114 Å². The number of thiol groups is 2. The minimum atomic E-state index is -2.04. The van der Waals surface area contributed by atoms with Crippen LogP contribution in [-0.4, -0.2) is 230 Å². The number of benzene rings is 4. The lowest BCUT2D eigenvalue weighted by Gasteiger charge is -2.34. The molecule has 0 saturated carbocycles. The highest BCUT2D eigenvalue weighted by Gasteiger charge is 2.44. The fourth-order valence-electron chi connectivity index (χ4n) is 13.5. The number of para-hydroxylation sites is 1. The number of fused-ring (bicyclic) bond motifs is 2. The standard InChI is InChI=1S/C84H121N21O20S2/c1-44(106)67(103-72(115)56(28-30-63(87)109)96-79(122)68(82(4,5)126)94-46(3)108)78(121)100-61(40-51-43-93-54-20-12-11-19-53(51)54)75(118)95-57(29-31-64(88)110)73(116)104-69(83(6,7)127)80(123)101-59(38-47-23-26-52(27-24-47)125-36-34-86)74(117)98-60(39-48-22-25-49-17-9-10-18-50(49)37-48)77(120)105-84(8,32-14-15-33-85)81(124)102-55(21-13-16-35-92-45(2)107)71(114)99-62(42-66(90)112)76(119)97-58(70(91)113)41-65(89)111/h9-12,17-20,22-27,37,43-44,55-62,67-69,93,106,126-127H,13-16,21,28-36,38-42,85-86H2,1-8H3,(H2,87,109)(H2,88,110)(H2,89,111)(H2,90,112)(H2,91,113)(H,92,107)(H,94,108)(H,95,118)(H,96,122)(H,97,119)(H,98,117)(H,99,114)(H,100,121)(H,101,123)(H,102,124)(H,103,115)(H,104,116)(H,105,120)/t44-,55+,56+,57+,58+,59+,60+,61+,62+,67+,68-,69-,84+/m1/s1. The van der Waals surface area contributed by atoms with Crippen molar-refractivity contribution < 1.29 is 96.1 Å². The van der Waals surface area contributed by atoms with Crippen LogP contribution >= 0.6 is 25.3 Å². The SMILES string of the molecule is CC(=O)NCCCC[C@H](NC(=O)[C@](C)(CCCCN)NC(=O)[C@H](Cc1ccc2ccccc2c1)NC(=O)[C@H](Cc1ccc(OCCN)cc1)NC(=O)[C@@H](NC(=O)[C@H](CCC(N)=O)NC(=O)[C@H](Cc1c[nH]c2ccccc12)NC(=O)[C@@H](NC(=O)[C@H](CCC(N)=O)NC(=O)[C@@H](NC(C)=O)C(C)(C)S)[C@@H](C)O)C(C)(C)S)C(=O)N[C@@H](CC(N)=O)C(=O)N[C@@H](CC(N)=O)C(N)=O. The van der Waals surface area contributed by atoms with Gasteiger partial charge in [-0.3, -0.25) is 86.3 Å². The number of hydrogen-bond donors (Lipinski definition) is 24. The van der Waals surface area contributed by atoms with Crippen LogP contribution in [0, 0.1) is 0 Å². The molecule has 41 nitrogen and oxygen atoms in total. The van der Waals surface area contributed by atoms with E-state index in [0.717, 1.165) is 19.2 Å². The summed E-state index contributed by atoms with van der Waals surface area (Å²) < 4.78 is 2.85. The molecule has 18 amide bonds. The molecular weight excluding hydrogens is 1690 g/mol. The summed E-state index contributed by atoms with van der Waals surface area (Å²) in [6.45, 7) is 11.2. The Morgan fingerprint density at radius 2 is 0.921 bits per heavy atom. The van der Waals surface area contributed by atoms with Crippen LogP contribution in [-0.2, 0) is 106 Å². The lowest BCUT2D eigenvalue weighted by atomic mass is 9.91. The molecule has 4 aromatic carbocycles. The Morgan fingerprint density at radius 3 is 1.48 bits per heavy atom. The van der Waals surface area contributed by atoms with Crippen LogP contribution in [0.15, 0.2) is 97.2 Å². The first kappa shape index (κ1) is 105. The van der Waals surface area contributed by atoms with Gasteiger partial charge >= 0.3 is 0 Å². The number of rotatable bonds is 55. The summed E-state index contributed by atoms with van der Waals surface area (Å²) in [4.78, 5) is 252. The average molecular weight is 1810 g/mol. The Morgan fingerprint density at radius 1 is 0.449 bits per heavy atom. The summed E-state index contributed by atoms with van der Waals surface area (Å²) in [5.41, 5.74) is 38.8. The van der Waals surface area contributed by atoms with Crippen molar-refractivity contribution in [3.8, 4) is 5.75 Å². The van der Waals surface area contributed by atoms with Gasteiger partial charge in [0.2, 0.25) is 106 Å². The summed E-state index contributed by atoms with van der Waals surface area (Å²) in [5, 5.41) is 46.5. The van der Waals surface area contributed by atoms with Crippen molar-refractivity contribution >= 4 is 153 Å². The molecule has 0 bridgehead atoms. The molecule has 43 heteroatoms. The Bertz CT molecular complexity index is 4750. The molecule has 5 rings (SSSR count). The second-order valence-corrected chi connectivity index (χ2v) is 34.6. The molecule has 0 radical (unpaired) electrons. The van der Waals surface area contributed by atoms with E-state index in [9.17, 15) is 62.6 Å². The highest BCUT2D eigenvalue weighted by Crippen LogP contribution is 2.26. The number of ether oxygens (including phenoxy) is 1. The number of carbonyl (C=O) groups is 18. The predicted octanol–water partition coefficient (Wildman–Crippen LogP) is -4.09. The second-order valence-electron chi connectivity index (χ2n) is 32.3. The lowest BCUT2D eigenvalue weighted by molar-refractivity contribution is -0.138. The van der Waals surface area contributed by atoms with E-state index in [1.54, 1.807) is 84.9 Å². The largest absolute Gasteiger partial charge is 0.492 e. The maximum atomic E-state index is 15.7. The molecule has 0 aliphatic heterocycles. The fourth-order valence-corrected chi connectivity index (χ4v) is 13.8. The van der Waals surface area contributed by atoms with Gasteiger partial charge in [0, 0.05) is 85.6 Å². The molecular formula is C84H121N21O20S2. The monoisotopic (exact) mass is 1810 g/mol. The van der Waals surface area contributed by atoms with Gasteiger partial charge in [-0.1, -0.05) is 72.8 Å². The number of amides is 18. The van der Waals surface area contributed by atoms with Crippen LogP contribution in [0.2, 0.25) is 0 Å². The van der Waals surface area contributed by atoms with Gasteiger partial charge < -0.3 is 124 Å². The molecule has 0 aliphatic rings. The highest BCUT2D eigenvalue weighted by molar-refractivity contribution is 7.82. The molecule has 0 aliphatic carbocycles. The number of aliphatic hydroxyl groups is 1. The number of H-pyrrole nitrogens is 1. The number of carbonyl (C=O) groups excluding carboxylic acids is 18. The smallest absolute Gasteiger partial charge is 0.246 e. The molecule has 0 unspecified atom stereocenters. The quantitative estimate of drug-likeness (QED) is 0.0130. The van der Waals surface area contributed by atoms with E-state index in [4.69, 9.17) is 57.5 Å². The summed E-state index contributed by atoms with van der Waals surface area (Å²) in [7, 11) is 0. The van der Waals surface area contributed by atoms with Crippen molar-refractivity contribution in [2.24, 2.45) is 40.1 Å². The van der Waals surface area contributed by atoms with E-state index in [1.165, 1.54) is 47.7 Å². The molecule has 694 valence electrons. The number of aromatic amines is 1. The highest BCUT2D eigenvalue weighted by atomic mass is 32.1. The van der Waals surface area contributed by atoms with Gasteiger partial charge in [-0.2, -0.15) is 25.3 Å². The first-order valence-corrected chi connectivity index (χ1v) is 42.1. The zero-order valence-corrected chi connectivity index (χ0v) is 74.0. The van der Waals surface area contributed by atoms with Gasteiger partial charge in [0.1, 0.15) is 84.4 Å². The van der Waals surface area contributed by atoms with Crippen LogP contribution in [0.3, 0.4) is 0 Å². The van der Waals surface area contributed by atoms with Crippen LogP contribution in [0.5, 0.6) is 5.75 Å². The maximum absolute atomic E-state index is 15.7. The third kappa shape index (κ3) is 35.1. The van der Waals surface area contributed by atoms with Crippen molar-refractivity contribution in [1.29, 1.82) is 0 Å². The van der Waals surface area contributed by atoms with E-state index >= 15 is 28.8 Å². The minimum absolute atomic E-state index is 0.106. The van der Waals surface area contributed by atoms with Crippen LogP contribution in [0.4, 0.5) is 0 Å². The van der Waals surface area contributed by atoms with Gasteiger partial charge in [-0.15, -0.1) is 0 Å². The number of nitrogens with one attached hydrogen (secondary N) is 14. The first-order valence-electron chi connectivity index (χ1n) is 41.2. The molecule has 0 spiro atoms. The van der Waals surface area contributed by atoms with E-state index < -0.39 is 227 Å². The van der Waals surface area contributed by atoms with Gasteiger partial charge in [0.25, 0.3) is 0 Å². The Labute approximate surface area is 745 Å². The molecule has 1 aromatic heterocycles. The van der Waals surface area contributed by atoms with E-state index in [0.29, 0.717) is 38.7 Å².